The minimum absolute atomic E-state index is 0.402. The molecule has 0 spiro atoms. The maximum Gasteiger partial charge on any atom is 0.184 e. The number of hydrogen-bond acceptors (Lipinski definition) is 3. The van der Waals surface area contributed by atoms with Crippen LogP contribution in [0.2, 0.25) is 0 Å². The molecule has 1 aliphatic rings. The summed E-state index contributed by atoms with van der Waals surface area (Å²) in [6.07, 6.45) is 0.501. The normalized spacial score (nSPS) is 17.1. The van der Waals surface area contributed by atoms with Gasteiger partial charge in [0.05, 0.1) is 13.2 Å². The third kappa shape index (κ3) is 2.27. The summed E-state index contributed by atoms with van der Waals surface area (Å²) in [6.45, 7) is 1.35. The van der Waals surface area contributed by atoms with Gasteiger partial charge in [-0.1, -0.05) is 29.4 Å². The van der Waals surface area contributed by atoms with Crippen molar-refractivity contribution in [3.8, 4) is 0 Å². The largest absolute Gasteiger partial charge is 0.348 e. The van der Waals surface area contributed by atoms with Crippen molar-refractivity contribution < 1.29 is 9.47 Å². The van der Waals surface area contributed by atoms with E-state index in [1.807, 2.05) is 18.2 Å². The molecule has 78 valence electrons. The molecule has 0 unspecified atom stereocenters. The lowest BCUT2D eigenvalue weighted by Gasteiger charge is -2.24. The van der Waals surface area contributed by atoms with Crippen LogP contribution in [0, 0.1) is 0 Å². The second kappa shape index (κ2) is 4.79. The van der Waals surface area contributed by atoms with Crippen molar-refractivity contribution in [2.24, 2.45) is 5.11 Å². The molecule has 1 fully saturated rings. The summed E-state index contributed by atoms with van der Waals surface area (Å²) < 4.78 is 10.9. The molecule has 5 nitrogen and oxygen atoms in total. The van der Waals surface area contributed by atoms with E-state index in [0.29, 0.717) is 18.9 Å². The van der Waals surface area contributed by atoms with Gasteiger partial charge in [0.25, 0.3) is 0 Å². The molecule has 0 aliphatic carbocycles. The molecular formula is C10H11N3O2. The van der Waals surface area contributed by atoms with E-state index in [4.69, 9.17) is 15.0 Å². The maximum atomic E-state index is 8.42. The van der Waals surface area contributed by atoms with Crippen LogP contribution in [-0.2, 0) is 9.47 Å². The lowest BCUT2D eigenvalue weighted by molar-refractivity contribution is -0.182. The Hall–Kier alpha value is -1.55. The topological polar surface area (TPSA) is 67.2 Å². The van der Waals surface area contributed by atoms with Crippen molar-refractivity contribution in [1.29, 1.82) is 0 Å². The van der Waals surface area contributed by atoms with Gasteiger partial charge in [0, 0.05) is 16.2 Å². The Morgan fingerprint density at radius 3 is 2.73 bits per heavy atom. The Balaban J connectivity index is 2.28. The molecule has 5 heteroatoms. The number of nitrogens with zero attached hydrogens (tertiary/aromatic N) is 3. The minimum atomic E-state index is -0.402. The van der Waals surface area contributed by atoms with Gasteiger partial charge in [-0.05, 0) is 12.0 Å². The smallest absolute Gasteiger partial charge is 0.184 e. The molecule has 1 aromatic carbocycles. The predicted octanol–water partition coefficient (Wildman–Crippen LogP) is 3.06. The molecule has 2 rings (SSSR count). The van der Waals surface area contributed by atoms with Gasteiger partial charge < -0.3 is 9.47 Å². The third-order valence-corrected chi connectivity index (χ3v) is 2.17. The van der Waals surface area contributed by atoms with E-state index in [1.54, 1.807) is 6.07 Å². The van der Waals surface area contributed by atoms with Crippen LogP contribution < -0.4 is 0 Å². The maximum absolute atomic E-state index is 8.42. The van der Waals surface area contributed by atoms with Crippen molar-refractivity contribution >= 4 is 5.69 Å². The zero-order valence-corrected chi connectivity index (χ0v) is 8.17. The van der Waals surface area contributed by atoms with Crippen LogP contribution in [0.3, 0.4) is 0 Å². The van der Waals surface area contributed by atoms with Crippen LogP contribution in [0.15, 0.2) is 29.4 Å². The first kappa shape index (κ1) is 9.98. The zero-order chi connectivity index (χ0) is 10.5. The van der Waals surface area contributed by atoms with E-state index in [0.717, 1.165) is 12.0 Å². The Morgan fingerprint density at radius 1 is 1.27 bits per heavy atom. The van der Waals surface area contributed by atoms with Gasteiger partial charge in [-0.25, -0.2) is 0 Å². The number of azide groups is 1. The Labute approximate surface area is 87.2 Å². The summed E-state index contributed by atoms with van der Waals surface area (Å²) in [4.78, 5) is 2.78. The zero-order valence-electron chi connectivity index (χ0n) is 8.17. The summed E-state index contributed by atoms with van der Waals surface area (Å²) in [5.41, 5.74) is 9.77. The first-order valence-electron chi connectivity index (χ1n) is 4.79. The van der Waals surface area contributed by atoms with Gasteiger partial charge in [-0.3, -0.25) is 0 Å². The summed E-state index contributed by atoms with van der Waals surface area (Å²) in [5, 5.41) is 3.60. The molecule has 1 heterocycles. The monoisotopic (exact) mass is 205 g/mol. The minimum Gasteiger partial charge on any atom is -0.348 e. The Morgan fingerprint density at radius 2 is 2.00 bits per heavy atom. The van der Waals surface area contributed by atoms with Crippen molar-refractivity contribution in [2.45, 2.75) is 12.7 Å². The number of hydrogen-bond donors (Lipinski definition) is 0. The Bertz CT molecular complexity index is 382. The average Bonchev–Trinajstić information content (AvgIpc) is 2.31. The van der Waals surface area contributed by atoms with E-state index in [9.17, 15) is 0 Å². The number of benzene rings is 1. The summed E-state index contributed by atoms with van der Waals surface area (Å²) in [7, 11) is 0. The number of rotatable bonds is 2. The summed E-state index contributed by atoms with van der Waals surface area (Å²) in [6, 6.07) is 7.28. The molecule has 0 amide bonds. The quantitative estimate of drug-likeness (QED) is 0.423. The molecule has 0 aromatic heterocycles. The first-order chi connectivity index (χ1) is 7.42. The van der Waals surface area contributed by atoms with E-state index in [1.165, 1.54) is 0 Å². The van der Waals surface area contributed by atoms with Crippen molar-refractivity contribution in [1.82, 2.24) is 0 Å². The van der Waals surface area contributed by atoms with Crippen molar-refractivity contribution in [3.63, 3.8) is 0 Å². The van der Waals surface area contributed by atoms with Gasteiger partial charge in [-0.2, -0.15) is 0 Å². The van der Waals surface area contributed by atoms with Gasteiger partial charge in [0.15, 0.2) is 6.29 Å². The lowest BCUT2D eigenvalue weighted by atomic mass is 10.1. The van der Waals surface area contributed by atoms with Gasteiger partial charge in [-0.15, -0.1) is 0 Å². The van der Waals surface area contributed by atoms with Gasteiger partial charge >= 0.3 is 0 Å². The van der Waals surface area contributed by atoms with Crippen LogP contribution >= 0.6 is 0 Å². The fraction of sp³-hybridized carbons (Fsp3) is 0.400. The first-order valence-corrected chi connectivity index (χ1v) is 4.79. The number of ether oxygens (including phenoxy) is 2. The molecule has 0 atom stereocenters. The highest BCUT2D eigenvalue weighted by Gasteiger charge is 2.18. The Kier molecular flexibility index (Phi) is 3.19. The van der Waals surface area contributed by atoms with Gasteiger partial charge in [0.2, 0.25) is 0 Å². The van der Waals surface area contributed by atoms with Gasteiger partial charge in [0.1, 0.15) is 0 Å². The van der Waals surface area contributed by atoms with E-state index < -0.39 is 6.29 Å². The summed E-state index contributed by atoms with van der Waals surface area (Å²) >= 11 is 0. The second-order valence-corrected chi connectivity index (χ2v) is 3.18. The summed E-state index contributed by atoms with van der Waals surface area (Å²) in [5.74, 6) is 0. The SMILES string of the molecule is [N-]=[N+]=Nc1ccccc1C1OCCCO1. The van der Waals surface area contributed by atoms with E-state index >= 15 is 0 Å². The van der Waals surface area contributed by atoms with Crippen LogP contribution in [-0.4, -0.2) is 13.2 Å². The van der Waals surface area contributed by atoms with Crippen molar-refractivity contribution in [3.05, 3.63) is 40.3 Å². The van der Waals surface area contributed by atoms with E-state index in [2.05, 4.69) is 10.0 Å². The highest BCUT2D eigenvalue weighted by atomic mass is 16.7. The molecule has 0 N–H and O–H groups in total. The molecule has 0 bridgehead atoms. The highest BCUT2D eigenvalue weighted by Crippen LogP contribution is 2.30. The fourth-order valence-electron chi connectivity index (χ4n) is 1.49. The molecule has 15 heavy (non-hydrogen) atoms. The molecular weight excluding hydrogens is 194 g/mol. The third-order valence-electron chi connectivity index (χ3n) is 2.17. The standard InChI is InChI=1S/C10H11N3O2/c11-13-12-9-5-2-1-4-8(9)10-14-6-3-7-15-10/h1-2,4-5,10H,3,6-7H2. The molecule has 1 aromatic rings. The van der Waals surface area contributed by atoms with E-state index in [-0.39, 0.29) is 0 Å². The average molecular weight is 205 g/mol. The highest BCUT2D eigenvalue weighted by molar-refractivity contribution is 5.46. The second-order valence-electron chi connectivity index (χ2n) is 3.18. The fourth-order valence-corrected chi connectivity index (χ4v) is 1.49. The van der Waals surface area contributed by atoms with Crippen LogP contribution in [0.1, 0.15) is 18.3 Å². The van der Waals surface area contributed by atoms with Crippen LogP contribution in [0.4, 0.5) is 5.69 Å². The van der Waals surface area contributed by atoms with Crippen LogP contribution in [0.5, 0.6) is 0 Å². The predicted molar refractivity (Wildman–Crippen MR) is 54.5 cm³/mol. The lowest BCUT2D eigenvalue weighted by Crippen LogP contribution is -2.17. The molecule has 1 saturated heterocycles. The molecule has 0 radical (unpaired) electrons. The molecule has 1 aliphatic heterocycles. The van der Waals surface area contributed by atoms with Crippen LogP contribution in [0.25, 0.3) is 10.4 Å². The molecule has 0 saturated carbocycles. The van der Waals surface area contributed by atoms with Crippen molar-refractivity contribution in [2.75, 3.05) is 13.2 Å².